The van der Waals surface area contributed by atoms with Crippen LogP contribution in [0.2, 0.25) is 0 Å². The molecule has 0 amide bonds. The summed E-state index contributed by atoms with van der Waals surface area (Å²) in [5.41, 5.74) is 1.19. The Morgan fingerprint density at radius 1 is 1.47 bits per heavy atom. The van der Waals surface area contributed by atoms with Gasteiger partial charge >= 0.3 is 0 Å². The van der Waals surface area contributed by atoms with Crippen LogP contribution in [-0.2, 0) is 16.4 Å². The summed E-state index contributed by atoms with van der Waals surface area (Å²) in [7, 11) is -3.15. The minimum Gasteiger partial charge on any atom is -0.313 e. The monoisotopic (exact) mass is 300 g/mol. The largest absolute Gasteiger partial charge is 0.313 e. The normalized spacial score (nSPS) is 24.4. The zero-order valence-corrected chi connectivity index (χ0v) is 12.8. The molecule has 1 saturated carbocycles. The Morgan fingerprint density at radius 3 is 3.00 bits per heavy atom. The van der Waals surface area contributed by atoms with Gasteiger partial charge in [0.05, 0.1) is 5.75 Å². The molecule has 0 radical (unpaired) electrons. The van der Waals surface area contributed by atoms with Crippen molar-refractivity contribution in [1.82, 2.24) is 9.62 Å². The Labute approximate surface area is 118 Å². The average Bonchev–Trinajstić information content (AvgIpc) is 3.04. The van der Waals surface area contributed by atoms with E-state index in [1.165, 1.54) is 23.3 Å². The van der Waals surface area contributed by atoms with Crippen LogP contribution in [0.5, 0.6) is 0 Å². The predicted molar refractivity (Wildman–Crippen MR) is 78.0 cm³/mol. The first kappa shape index (κ1) is 13.5. The van der Waals surface area contributed by atoms with Crippen molar-refractivity contribution in [2.24, 2.45) is 0 Å². The predicted octanol–water partition coefficient (Wildman–Crippen LogP) is 1.75. The zero-order valence-electron chi connectivity index (χ0n) is 11.1. The molecule has 2 aliphatic rings. The lowest BCUT2D eigenvalue weighted by Gasteiger charge is -2.32. The summed E-state index contributed by atoms with van der Waals surface area (Å²) < 4.78 is 26.5. The third-order valence-electron chi connectivity index (χ3n) is 3.95. The lowest BCUT2D eigenvalue weighted by molar-refractivity contribution is 0.329. The molecule has 0 aromatic carbocycles. The van der Waals surface area contributed by atoms with Crippen LogP contribution in [0.25, 0.3) is 0 Å². The second kappa shape index (κ2) is 5.16. The van der Waals surface area contributed by atoms with E-state index in [1.807, 2.05) is 6.92 Å². The van der Waals surface area contributed by atoms with Crippen LogP contribution in [-0.4, -0.2) is 37.6 Å². The molecule has 1 fully saturated rings. The summed E-state index contributed by atoms with van der Waals surface area (Å²) >= 11 is 1.74. The molecule has 6 heteroatoms. The third kappa shape index (κ3) is 2.86. The first-order valence-electron chi connectivity index (χ1n) is 6.87. The fourth-order valence-corrected chi connectivity index (χ4v) is 5.20. The molecule has 1 N–H and O–H groups in total. The summed E-state index contributed by atoms with van der Waals surface area (Å²) in [6, 6.07) is 2.62. The SMILES string of the molecule is CC1c2ccsc2CCN1S(=O)(=O)CCNC1CC1. The van der Waals surface area contributed by atoms with Gasteiger partial charge in [-0.25, -0.2) is 8.42 Å². The van der Waals surface area contributed by atoms with Crippen LogP contribution >= 0.6 is 11.3 Å². The maximum atomic E-state index is 12.4. The highest BCUT2D eigenvalue weighted by Crippen LogP contribution is 2.34. The molecule has 1 aliphatic carbocycles. The molecule has 0 bridgehead atoms. The molecule has 3 rings (SSSR count). The molecule has 2 heterocycles. The number of thiophene rings is 1. The zero-order chi connectivity index (χ0) is 13.5. The van der Waals surface area contributed by atoms with Gasteiger partial charge in [0.15, 0.2) is 0 Å². The van der Waals surface area contributed by atoms with E-state index in [4.69, 9.17) is 0 Å². The summed E-state index contributed by atoms with van der Waals surface area (Å²) in [6.45, 7) is 3.20. The number of nitrogens with zero attached hydrogens (tertiary/aromatic N) is 1. The Balaban J connectivity index is 1.67. The number of nitrogens with one attached hydrogen (secondary N) is 1. The second-order valence-corrected chi connectivity index (χ2v) is 8.42. The summed E-state index contributed by atoms with van der Waals surface area (Å²) in [4.78, 5) is 1.34. The molecule has 1 unspecified atom stereocenters. The smallest absolute Gasteiger partial charge is 0.215 e. The molecular formula is C13H20N2O2S2. The maximum absolute atomic E-state index is 12.4. The molecule has 0 saturated heterocycles. The van der Waals surface area contributed by atoms with E-state index in [-0.39, 0.29) is 11.8 Å². The van der Waals surface area contributed by atoms with E-state index in [0.717, 1.165) is 6.42 Å². The van der Waals surface area contributed by atoms with Gasteiger partial charge in [0.1, 0.15) is 0 Å². The first-order chi connectivity index (χ1) is 9.08. The van der Waals surface area contributed by atoms with Crippen LogP contribution in [0, 0.1) is 0 Å². The Hall–Kier alpha value is -0.430. The molecule has 0 spiro atoms. The van der Waals surface area contributed by atoms with Gasteiger partial charge in [-0.15, -0.1) is 11.3 Å². The molecule has 1 aromatic heterocycles. The molecule has 1 aliphatic heterocycles. The van der Waals surface area contributed by atoms with E-state index in [2.05, 4.69) is 16.8 Å². The van der Waals surface area contributed by atoms with Gasteiger partial charge in [0.2, 0.25) is 10.0 Å². The second-order valence-electron chi connectivity index (χ2n) is 5.38. The number of fused-ring (bicyclic) bond motifs is 1. The molecule has 1 aromatic rings. The van der Waals surface area contributed by atoms with Gasteiger partial charge in [-0.3, -0.25) is 0 Å². The van der Waals surface area contributed by atoms with Gasteiger partial charge in [-0.2, -0.15) is 4.31 Å². The number of rotatable bonds is 5. The van der Waals surface area contributed by atoms with Gasteiger partial charge in [-0.1, -0.05) is 0 Å². The van der Waals surface area contributed by atoms with Gasteiger partial charge in [0, 0.05) is 30.1 Å². The fraction of sp³-hybridized carbons (Fsp3) is 0.692. The van der Waals surface area contributed by atoms with E-state index >= 15 is 0 Å². The quantitative estimate of drug-likeness (QED) is 0.901. The highest BCUT2D eigenvalue weighted by atomic mass is 32.2. The highest BCUT2D eigenvalue weighted by molar-refractivity contribution is 7.89. The average molecular weight is 300 g/mol. The lowest BCUT2D eigenvalue weighted by Crippen LogP contribution is -2.41. The van der Waals surface area contributed by atoms with Crippen molar-refractivity contribution in [1.29, 1.82) is 0 Å². The molecule has 106 valence electrons. The Bertz CT molecular complexity index is 549. The number of hydrogen-bond acceptors (Lipinski definition) is 4. The van der Waals surface area contributed by atoms with Crippen molar-refractivity contribution < 1.29 is 8.42 Å². The van der Waals surface area contributed by atoms with Crippen LogP contribution < -0.4 is 5.32 Å². The van der Waals surface area contributed by atoms with E-state index < -0.39 is 10.0 Å². The van der Waals surface area contributed by atoms with Crippen molar-refractivity contribution in [2.45, 2.75) is 38.3 Å². The van der Waals surface area contributed by atoms with Crippen LogP contribution in [0.1, 0.15) is 36.2 Å². The van der Waals surface area contributed by atoms with E-state index in [9.17, 15) is 8.42 Å². The van der Waals surface area contributed by atoms with Crippen LogP contribution in [0.15, 0.2) is 11.4 Å². The van der Waals surface area contributed by atoms with E-state index in [0.29, 0.717) is 19.1 Å². The number of hydrogen-bond donors (Lipinski definition) is 1. The van der Waals surface area contributed by atoms with Crippen molar-refractivity contribution >= 4 is 21.4 Å². The van der Waals surface area contributed by atoms with Crippen molar-refractivity contribution in [3.05, 3.63) is 21.9 Å². The third-order valence-corrected chi connectivity index (χ3v) is 6.88. The van der Waals surface area contributed by atoms with Gasteiger partial charge in [-0.05, 0) is 43.2 Å². The van der Waals surface area contributed by atoms with Gasteiger partial charge < -0.3 is 5.32 Å². The van der Waals surface area contributed by atoms with Crippen molar-refractivity contribution in [3.8, 4) is 0 Å². The minimum absolute atomic E-state index is 0.0130. The van der Waals surface area contributed by atoms with Crippen molar-refractivity contribution in [3.63, 3.8) is 0 Å². The van der Waals surface area contributed by atoms with Crippen molar-refractivity contribution in [2.75, 3.05) is 18.8 Å². The van der Waals surface area contributed by atoms with E-state index in [1.54, 1.807) is 15.6 Å². The van der Waals surface area contributed by atoms with Gasteiger partial charge in [0.25, 0.3) is 0 Å². The van der Waals surface area contributed by atoms with Crippen LogP contribution in [0.4, 0.5) is 0 Å². The summed E-state index contributed by atoms with van der Waals surface area (Å²) in [6.07, 6.45) is 3.24. The molecule has 19 heavy (non-hydrogen) atoms. The Morgan fingerprint density at radius 2 is 2.26 bits per heavy atom. The van der Waals surface area contributed by atoms with Crippen LogP contribution in [0.3, 0.4) is 0 Å². The lowest BCUT2D eigenvalue weighted by atomic mass is 10.0. The molecular weight excluding hydrogens is 280 g/mol. The fourth-order valence-electron chi connectivity index (χ4n) is 2.66. The molecule has 4 nitrogen and oxygen atoms in total. The topological polar surface area (TPSA) is 49.4 Å². The highest BCUT2D eigenvalue weighted by Gasteiger charge is 2.33. The first-order valence-corrected chi connectivity index (χ1v) is 9.36. The summed E-state index contributed by atoms with van der Waals surface area (Å²) in [5.74, 6) is 0.216. The standard InChI is InChI=1S/C13H20N2O2S2/c1-10-12-5-8-18-13(12)4-7-15(10)19(16,17)9-6-14-11-2-3-11/h5,8,10-11,14H,2-4,6-7,9H2,1H3. The minimum atomic E-state index is -3.15. The maximum Gasteiger partial charge on any atom is 0.215 e. The Kier molecular flexibility index (Phi) is 3.68. The summed E-state index contributed by atoms with van der Waals surface area (Å²) in [5, 5.41) is 5.34. The number of sulfonamides is 1. The molecule has 1 atom stereocenters.